The zero-order valence-electron chi connectivity index (χ0n) is 14.4. The van der Waals surface area contributed by atoms with Crippen LogP contribution in [0.15, 0.2) is 48.8 Å². The van der Waals surface area contributed by atoms with Gasteiger partial charge in [0.05, 0.1) is 0 Å². The number of halogens is 1. The van der Waals surface area contributed by atoms with Gasteiger partial charge in [-0.2, -0.15) is 4.98 Å². The van der Waals surface area contributed by atoms with Crippen molar-refractivity contribution < 1.29 is 9.53 Å². The van der Waals surface area contributed by atoms with Crippen LogP contribution in [0, 0.1) is 0 Å². The molecule has 0 bridgehead atoms. The highest BCUT2D eigenvalue weighted by Crippen LogP contribution is 2.24. The Morgan fingerprint density at radius 1 is 1.31 bits per heavy atom. The summed E-state index contributed by atoms with van der Waals surface area (Å²) in [6.07, 6.45) is 4.26. The summed E-state index contributed by atoms with van der Waals surface area (Å²) in [6, 6.07) is 11.5. The molecular weight excluding hydrogens is 354 g/mol. The van der Waals surface area contributed by atoms with Crippen molar-refractivity contribution in [2.75, 3.05) is 12.4 Å². The summed E-state index contributed by atoms with van der Waals surface area (Å²) in [5, 5.41) is 10.1. The molecule has 3 rings (SSSR count). The fraction of sp³-hybridized carbons (Fsp3) is 0.278. The standard InChI is InChI=1S/C18H20ClN5O2/c1-26-12-16-20-18(23-22-16)21-17(25)10-14(11-24-8-2-3-9-24)13-4-6-15(19)7-5-13/h2-9,14H,10-12H2,1H3,(H2,20,21,22,23,25)/t14-/m0/s1. The number of nitrogens with one attached hydrogen (secondary N) is 2. The number of aromatic nitrogens is 4. The molecule has 1 aromatic carbocycles. The van der Waals surface area contributed by atoms with E-state index < -0.39 is 0 Å². The zero-order valence-corrected chi connectivity index (χ0v) is 15.1. The number of rotatable bonds is 8. The fourth-order valence-corrected chi connectivity index (χ4v) is 2.85. The molecule has 2 aromatic heterocycles. The largest absolute Gasteiger partial charge is 0.377 e. The van der Waals surface area contributed by atoms with E-state index in [0.717, 1.165) is 5.56 Å². The number of anilines is 1. The van der Waals surface area contributed by atoms with Gasteiger partial charge in [0.15, 0.2) is 5.82 Å². The van der Waals surface area contributed by atoms with Gasteiger partial charge in [-0.05, 0) is 29.8 Å². The van der Waals surface area contributed by atoms with Crippen LogP contribution in [0.5, 0.6) is 0 Å². The van der Waals surface area contributed by atoms with Crippen LogP contribution in [-0.4, -0.2) is 32.8 Å². The minimum Gasteiger partial charge on any atom is -0.377 e. The van der Waals surface area contributed by atoms with Gasteiger partial charge >= 0.3 is 0 Å². The van der Waals surface area contributed by atoms with E-state index >= 15 is 0 Å². The first-order valence-electron chi connectivity index (χ1n) is 8.20. The average molecular weight is 374 g/mol. The van der Waals surface area contributed by atoms with Crippen LogP contribution < -0.4 is 5.32 Å². The second-order valence-electron chi connectivity index (χ2n) is 5.92. The summed E-state index contributed by atoms with van der Waals surface area (Å²) >= 11 is 5.99. The summed E-state index contributed by atoms with van der Waals surface area (Å²) < 4.78 is 7.03. The number of ether oxygens (including phenoxy) is 1. The molecule has 0 unspecified atom stereocenters. The van der Waals surface area contributed by atoms with Crippen LogP contribution in [0.1, 0.15) is 23.7 Å². The van der Waals surface area contributed by atoms with Crippen molar-refractivity contribution in [2.24, 2.45) is 0 Å². The number of H-pyrrole nitrogens is 1. The van der Waals surface area contributed by atoms with E-state index in [-0.39, 0.29) is 17.8 Å². The molecule has 2 N–H and O–H groups in total. The molecule has 0 aliphatic carbocycles. The van der Waals surface area contributed by atoms with Crippen LogP contribution in [-0.2, 0) is 22.7 Å². The first kappa shape index (κ1) is 18.2. The van der Waals surface area contributed by atoms with Crippen molar-refractivity contribution in [1.29, 1.82) is 0 Å². The van der Waals surface area contributed by atoms with Crippen molar-refractivity contribution in [1.82, 2.24) is 19.7 Å². The molecule has 0 aliphatic heterocycles. The van der Waals surface area contributed by atoms with Crippen LogP contribution in [0.25, 0.3) is 0 Å². The number of amides is 1. The van der Waals surface area contributed by atoms with Gasteiger partial charge in [0.25, 0.3) is 0 Å². The van der Waals surface area contributed by atoms with E-state index in [2.05, 4.69) is 25.1 Å². The molecule has 0 radical (unpaired) electrons. The second kappa shape index (κ2) is 8.64. The number of carbonyl (C=O) groups excluding carboxylic acids is 1. The quantitative estimate of drug-likeness (QED) is 0.635. The third kappa shape index (κ3) is 4.93. The summed E-state index contributed by atoms with van der Waals surface area (Å²) in [6.45, 7) is 0.995. The lowest BCUT2D eigenvalue weighted by molar-refractivity contribution is -0.116. The molecule has 0 fully saturated rings. The topological polar surface area (TPSA) is 84.8 Å². The molecule has 136 valence electrons. The highest BCUT2D eigenvalue weighted by Gasteiger charge is 2.18. The maximum Gasteiger partial charge on any atom is 0.248 e. The molecule has 0 aliphatic rings. The molecule has 1 amide bonds. The lowest BCUT2D eigenvalue weighted by Crippen LogP contribution is -2.19. The lowest BCUT2D eigenvalue weighted by Gasteiger charge is -2.18. The first-order valence-corrected chi connectivity index (χ1v) is 8.58. The smallest absolute Gasteiger partial charge is 0.248 e. The van der Waals surface area contributed by atoms with E-state index in [9.17, 15) is 4.79 Å². The van der Waals surface area contributed by atoms with Crippen LogP contribution in [0.2, 0.25) is 5.02 Å². The number of benzene rings is 1. The van der Waals surface area contributed by atoms with Gasteiger partial charge in [-0.25, -0.2) is 0 Å². The number of hydrogen-bond donors (Lipinski definition) is 2. The molecule has 2 heterocycles. The normalized spacial score (nSPS) is 12.1. The number of methoxy groups -OCH3 is 1. The molecule has 3 aromatic rings. The average Bonchev–Trinajstić information content (AvgIpc) is 3.27. The highest BCUT2D eigenvalue weighted by atomic mass is 35.5. The van der Waals surface area contributed by atoms with Crippen molar-refractivity contribution in [3.63, 3.8) is 0 Å². The summed E-state index contributed by atoms with van der Waals surface area (Å²) in [4.78, 5) is 16.6. The van der Waals surface area contributed by atoms with Gasteiger partial charge in [-0.3, -0.25) is 15.2 Å². The monoisotopic (exact) mass is 373 g/mol. The Balaban J connectivity index is 1.69. The molecular formula is C18H20ClN5O2. The molecule has 8 heteroatoms. The molecule has 0 spiro atoms. The van der Waals surface area contributed by atoms with Crippen molar-refractivity contribution in [3.8, 4) is 0 Å². The molecule has 26 heavy (non-hydrogen) atoms. The van der Waals surface area contributed by atoms with E-state index in [1.165, 1.54) is 0 Å². The molecule has 0 saturated carbocycles. The fourth-order valence-electron chi connectivity index (χ4n) is 2.72. The number of hydrogen-bond acceptors (Lipinski definition) is 4. The Morgan fingerprint density at radius 2 is 2.04 bits per heavy atom. The Hall–Kier alpha value is -2.64. The van der Waals surface area contributed by atoms with Crippen LogP contribution in [0.4, 0.5) is 5.95 Å². The van der Waals surface area contributed by atoms with Gasteiger partial charge < -0.3 is 9.30 Å². The maximum atomic E-state index is 12.5. The van der Waals surface area contributed by atoms with E-state index in [1.807, 2.05) is 48.8 Å². The maximum absolute atomic E-state index is 12.5. The number of aromatic amines is 1. The Morgan fingerprint density at radius 3 is 2.73 bits per heavy atom. The van der Waals surface area contributed by atoms with Gasteiger partial charge in [0.1, 0.15) is 6.61 Å². The predicted octanol–water partition coefficient (Wildman–Crippen LogP) is 3.22. The minimum absolute atomic E-state index is 0.00273. The first-order chi connectivity index (χ1) is 12.6. The second-order valence-corrected chi connectivity index (χ2v) is 6.36. The number of nitrogens with zero attached hydrogens (tertiary/aromatic N) is 3. The van der Waals surface area contributed by atoms with Crippen LogP contribution >= 0.6 is 11.6 Å². The Labute approximate surface area is 156 Å². The summed E-state index contributed by atoms with van der Waals surface area (Å²) in [5.74, 6) is 0.652. The van der Waals surface area contributed by atoms with Crippen LogP contribution in [0.3, 0.4) is 0 Å². The molecule has 1 atom stereocenters. The van der Waals surface area contributed by atoms with Gasteiger partial charge in [0, 0.05) is 43.4 Å². The third-order valence-electron chi connectivity index (χ3n) is 3.93. The summed E-state index contributed by atoms with van der Waals surface area (Å²) in [7, 11) is 1.57. The predicted molar refractivity (Wildman–Crippen MR) is 99.0 cm³/mol. The number of carbonyl (C=O) groups is 1. The van der Waals surface area contributed by atoms with Crippen molar-refractivity contribution in [2.45, 2.75) is 25.5 Å². The molecule has 7 nitrogen and oxygen atoms in total. The molecule has 0 saturated heterocycles. The van der Waals surface area contributed by atoms with E-state index in [4.69, 9.17) is 16.3 Å². The van der Waals surface area contributed by atoms with Gasteiger partial charge in [0.2, 0.25) is 11.9 Å². The van der Waals surface area contributed by atoms with Gasteiger partial charge in [-0.1, -0.05) is 23.7 Å². The highest BCUT2D eigenvalue weighted by molar-refractivity contribution is 6.30. The van der Waals surface area contributed by atoms with E-state index in [0.29, 0.717) is 30.4 Å². The minimum atomic E-state index is -0.153. The SMILES string of the molecule is COCc1nc(NC(=O)C[C@@H](Cn2cccc2)c2ccc(Cl)cc2)n[nH]1. The van der Waals surface area contributed by atoms with Gasteiger partial charge in [-0.15, -0.1) is 5.10 Å². The third-order valence-corrected chi connectivity index (χ3v) is 4.19. The Kier molecular flexibility index (Phi) is 6.04. The van der Waals surface area contributed by atoms with Crippen molar-refractivity contribution in [3.05, 3.63) is 65.2 Å². The van der Waals surface area contributed by atoms with E-state index in [1.54, 1.807) is 7.11 Å². The summed E-state index contributed by atoms with van der Waals surface area (Å²) in [5.41, 5.74) is 1.05. The lowest BCUT2D eigenvalue weighted by atomic mass is 9.95. The zero-order chi connectivity index (χ0) is 18.4. The Bertz CT molecular complexity index is 830. The van der Waals surface area contributed by atoms with Crippen molar-refractivity contribution >= 4 is 23.5 Å².